The van der Waals surface area contributed by atoms with Gasteiger partial charge in [-0.1, -0.05) is 36.4 Å². The molecule has 3 aromatic carbocycles. The second kappa shape index (κ2) is 10.7. The number of hydrogen-bond donors (Lipinski definition) is 0. The zero-order valence-electron chi connectivity index (χ0n) is 19.4. The van der Waals surface area contributed by atoms with Crippen molar-refractivity contribution in [1.82, 2.24) is 9.88 Å². The molecule has 1 atom stereocenters. The number of hydrogen-bond acceptors (Lipinski definition) is 4. The van der Waals surface area contributed by atoms with E-state index in [2.05, 4.69) is 23.2 Å². The van der Waals surface area contributed by atoms with E-state index in [-0.39, 0.29) is 24.2 Å². The monoisotopic (exact) mass is 470 g/mol. The van der Waals surface area contributed by atoms with Crippen molar-refractivity contribution in [2.24, 2.45) is 5.92 Å². The molecule has 178 valence electrons. The molecule has 0 unspecified atom stereocenters. The van der Waals surface area contributed by atoms with E-state index in [9.17, 15) is 9.18 Å². The van der Waals surface area contributed by atoms with Crippen molar-refractivity contribution in [3.8, 4) is 5.75 Å². The highest BCUT2D eigenvalue weighted by atomic mass is 19.1. The van der Waals surface area contributed by atoms with E-state index >= 15 is 0 Å². The average Bonchev–Trinajstić information content (AvgIpc) is 3.13. The fourth-order valence-corrected chi connectivity index (χ4v) is 4.48. The van der Waals surface area contributed by atoms with Gasteiger partial charge in [0.1, 0.15) is 18.2 Å². The Bertz CT molecular complexity index is 1330. The molecule has 0 N–H and O–H groups in total. The first-order valence-electron chi connectivity index (χ1n) is 11.8. The van der Waals surface area contributed by atoms with Crippen LogP contribution in [0.2, 0.25) is 0 Å². The van der Waals surface area contributed by atoms with Gasteiger partial charge in [0, 0.05) is 42.4 Å². The molecule has 0 aliphatic carbocycles. The van der Waals surface area contributed by atoms with Gasteiger partial charge in [-0.3, -0.25) is 9.78 Å². The van der Waals surface area contributed by atoms with Crippen LogP contribution < -0.4 is 4.74 Å². The van der Waals surface area contributed by atoms with Gasteiger partial charge in [0.15, 0.2) is 0 Å². The standard InChI is InChI=1S/C29H27FN2O3/c30-27-5-1-3-22(15-27)20-35-28-6-2-4-25(16-28)29(33)32-11-12-34-19-23(18-32)13-21-7-8-26-17-31-10-9-24(26)14-21/h1-10,14-17,23H,11-13,18-20H2/t23-/m1/s1. The lowest BCUT2D eigenvalue weighted by Crippen LogP contribution is -2.36. The first-order chi connectivity index (χ1) is 17.1. The number of benzene rings is 3. The van der Waals surface area contributed by atoms with E-state index in [0.29, 0.717) is 37.6 Å². The van der Waals surface area contributed by atoms with Crippen LogP contribution >= 0.6 is 0 Å². The minimum absolute atomic E-state index is 0.0405. The van der Waals surface area contributed by atoms with Crippen LogP contribution in [0.15, 0.2) is 85.2 Å². The number of ether oxygens (including phenoxy) is 2. The van der Waals surface area contributed by atoms with Crippen LogP contribution in [0.25, 0.3) is 10.8 Å². The number of carbonyl (C=O) groups excluding carboxylic acids is 1. The lowest BCUT2D eigenvalue weighted by Gasteiger charge is -2.24. The molecule has 5 nitrogen and oxygen atoms in total. The highest BCUT2D eigenvalue weighted by Gasteiger charge is 2.24. The second-order valence-electron chi connectivity index (χ2n) is 8.90. The van der Waals surface area contributed by atoms with Crippen molar-refractivity contribution in [2.45, 2.75) is 13.0 Å². The maximum atomic E-state index is 13.4. The first-order valence-corrected chi connectivity index (χ1v) is 11.8. The SMILES string of the molecule is O=C(c1cccc(OCc2cccc(F)c2)c1)N1CCOC[C@H](Cc2ccc3cnccc3c2)C1. The summed E-state index contributed by atoms with van der Waals surface area (Å²) in [7, 11) is 0. The van der Waals surface area contributed by atoms with Crippen molar-refractivity contribution in [3.63, 3.8) is 0 Å². The quantitative estimate of drug-likeness (QED) is 0.385. The molecular weight excluding hydrogens is 443 g/mol. The topological polar surface area (TPSA) is 51.7 Å². The van der Waals surface area contributed by atoms with Crippen molar-refractivity contribution in [3.05, 3.63) is 108 Å². The Hall–Kier alpha value is -3.77. The molecule has 1 saturated heterocycles. The smallest absolute Gasteiger partial charge is 0.254 e. The van der Waals surface area contributed by atoms with Gasteiger partial charge in [-0.15, -0.1) is 0 Å². The van der Waals surface area contributed by atoms with Gasteiger partial charge in [-0.05, 0) is 59.3 Å². The maximum Gasteiger partial charge on any atom is 0.254 e. The molecule has 0 saturated carbocycles. The van der Waals surface area contributed by atoms with E-state index in [1.807, 2.05) is 29.3 Å². The summed E-state index contributed by atoms with van der Waals surface area (Å²) in [5.74, 6) is 0.441. The minimum Gasteiger partial charge on any atom is -0.489 e. The number of fused-ring (bicyclic) bond motifs is 1. The zero-order chi connectivity index (χ0) is 24.0. The van der Waals surface area contributed by atoms with Gasteiger partial charge in [0.25, 0.3) is 5.91 Å². The molecule has 0 radical (unpaired) electrons. The molecule has 0 spiro atoms. The minimum atomic E-state index is -0.298. The summed E-state index contributed by atoms with van der Waals surface area (Å²) < 4.78 is 25.1. The normalized spacial score (nSPS) is 16.1. The van der Waals surface area contributed by atoms with Gasteiger partial charge < -0.3 is 14.4 Å². The molecule has 0 bridgehead atoms. The van der Waals surface area contributed by atoms with Crippen molar-refractivity contribution in [1.29, 1.82) is 0 Å². The predicted octanol–water partition coefficient (Wildman–Crippen LogP) is 5.28. The van der Waals surface area contributed by atoms with Gasteiger partial charge >= 0.3 is 0 Å². The second-order valence-corrected chi connectivity index (χ2v) is 8.90. The average molecular weight is 471 g/mol. The molecular formula is C29H27FN2O3. The van der Waals surface area contributed by atoms with E-state index in [0.717, 1.165) is 22.8 Å². The van der Waals surface area contributed by atoms with E-state index < -0.39 is 0 Å². The predicted molar refractivity (Wildman–Crippen MR) is 133 cm³/mol. The van der Waals surface area contributed by atoms with Crippen LogP contribution in [-0.2, 0) is 17.8 Å². The Labute approximate surface area is 204 Å². The summed E-state index contributed by atoms with van der Waals surface area (Å²) in [4.78, 5) is 19.4. The molecule has 1 amide bonds. The van der Waals surface area contributed by atoms with Gasteiger partial charge in [-0.25, -0.2) is 4.39 Å². The van der Waals surface area contributed by atoms with E-state index in [1.165, 1.54) is 17.7 Å². The van der Waals surface area contributed by atoms with Gasteiger partial charge in [0.2, 0.25) is 0 Å². The van der Waals surface area contributed by atoms with Crippen LogP contribution in [0.5, 0.6) is 5.75 Å². The number of pyridine rings is 1. The third-order valence-corrected chi connectivity index (χ3v) is 6.23. The van der Waals surface area contributed by atoms with Crippen molar-refractivity contribution < 1.29 is 18.7 Å². The maximum absolute atomic E-state index is 13.4. The zero-order valence-corrected chi connectivity index (χ0v) is 19.4. The summed E-state index contributed by atoms with van der Waals surface area (Å²) in [6.45, 7) is 2.54. The van der Waals surface area contributed by atoms with Crippen LogP contribution in [0.1, 0.15) is 21.5 Å². The Morgan fingerprint density at radius 1 is 1.03 bits per heavy atom. The summed E-state index contributed by atoms with van der Waals surface area (Å²) in [6, 6.07) is 21.9. The third kappa shape index (κ3) is 5.84. The Balaban J connectivity index is 1.25. The summed E-state index contributed by atoms with van der Waals surface area (Å²) >= 11 is 0. The third-order valence-electron chi connectivity index (χ3n) is 6.23. The van der Waals surface area contributed by atoms with Crippen LogP contribution in [-0.4, -0.2) is 42.1 Å². The molecule has 1 aliphatic heterocycles. The molecule has 1 aliphatic rings. The number of rotatable bonds is 6. The largest absolute Gasteiger partial charge is 0.489 e. The lowest BCUT2D eigenvalue weighted by molar-refractivity contribution is 0.0737. The number of nitrogens with zero attached hydrogens (tertiary/aromatic N) is 2. The molecule has 1 fully saturated rings. The van der Waals surface area contributed by atoms with Crippen molar-refractivity contribution in [2.75, 3.05) is 26.3 Å². The number of halogens is 1. The highest BCUT2D eigenvalue weighted by Crippen LogP contribution is 2.21. The molecule has 2 heterocycles. The molecule has 5 rings (SSSR count). The molecule has 6 heteroatoms. The summed E-state index contributed by atoms with van der Waals surface area (Å²) in [6.07, 6.45) is 4.50. The highest BCUT2D eigenvalue weighted by molar-refractivity contribution is 5.94. The number of carbonyl (C=O) groups is 1. The fourth-order valence-electron chi connectivity index (χ4n) is 4.48. The first kappa shape index (κ1) is 23.0. The van der Waals surface area contributed by atoms with Gasteiger partial charge in [-0.2, -0.15) is 0 Å². The summed E-state index contributed by atoms with van der Waals surface area (Å²) in [5, 5.41) is 2.28. The Kier molecular flexibility index (Phi) is 7.00. The van der Waals surface area contributed by atoms with Crippen LogP contribution in [0, 0.1) is 11.7 Å². The number of aromatic nitrogens is 1. The molecule has 35 heavy (non-hydrogen) atoms. The van der Waals surface area contributed by atoms with Gasteiger partial charge in [0.05, 0.1) is 13.2 Å². The Morgan fingerprint density at radius 3 is 2.86 bits per heavy atom. The van der Waals surface area contributed by atoms with Crippen molar-refractivity contribution >= 4 is 16.7 Å². The van der Waals surface area contributed by atoms with Crippen LogP contribution in [0.4, 0.5) is 4.39 Å². The van der Waals surface area contributed by atoms with Crippen LogP contribution in [0.3, 0.4) is 0 Å². The summed E-state index contributed by atoms with van der Waals surface area (Å²) in [5.41, 5.74) is 2.53. The van der Waals surface area contributed by atoms with E-state index in [1.54, 1.807) is 30.5 Å². The lowest BCUT2D eigenvalue weighted by atomic mass is 9.97. The number of amides is 1. The molecule has 4 aromatic rings. The van der Waals surface area contributed by atoms with E-state index in [4.69, 9.17) is 9.47 Å². The Morgan fingerprint density at radius 2 is 1.94 bits per heavy atom. The fraction of sp³-hybridized carbons (Fsp3) is 0.241. The molecule has 1 aromatic heterocycles.